The van der Waals surface area contributed by atoms with E-state index in [2.05, 4.69) is 19.1 Å². The zero-order valence-corrected chi connectivity index (χ0v) is 7.89. The molecule has 12 heavy (non-hydrogen) atoms. The summed E-state index contributed by atoms with van der Waals surface area (Å²) >= 11 is 0. The molecule has 0 N–H and O–H groups in total. The van der Waals surface area contributed by atoms with Gasteiger partial charge < -0.3 is 0 Å². The highest BCUT2D eigenvalue weighted by Crippen LogP contribution is 2.25. The van der Waals surface area contributed by atoms with Crippen LogP contribution in [0.2, 0.25) is 0 Å². The molecule has 0 saturated carbocycles. The van der Waals surface area contributed by atoms with Gasteiger partial charge in [0.25, 0.3) is 0 Å². The normalized spacial score (nSPS) is 18.3. The lowest BCUT2D eigenvalue weighted by Crippen LogP contribution is -1.90. The summed E-state index contributed by atoms with van der Waals surface area (Å²) in [5, 5.41) is 0. The quantitative estimate of drug-likeness (QED) is 0.586. The molecule has 0 aromatic heterocycles. The average Bonchev–Trinajstić information content (AvgIpc) is 2.36. The van der Waals surface area contributed by atoms with Crippen molar-refractivity contribution in [3.8, 4) is 0 Å². The van der Waals surface area contributed by atoms with E-state index in [1.165, 1.54) is 5.57 Å². The third-order valence-corrected chi connectivity index (χ3v) is 2.37. The molecule has 0 unspecified atom stereocenters. The van der Waals surface area contributed by atoms with Crippen LogP contribution < -0.4 is 0 Å². The Hall–Kier alpha value is -0.850. The molecule has 0 radical (unpaired) electrons. The Kier molecular flexibility index (Phi) is 3.27. The van der Waals surface area contributed by atoms with Crippen LogP contribution in [-0.2, 0) is 4.79 Å². The molecule has 0 saturated heterocycles. The molecule has 66 valence electrons. The van der Waals surface area contributed by atoms with Crippen molar-refractivity contribution in [1.82, 2.24) is 0 Å². The van der Waals surface area contributed by atoms with Crippen LogP contribution in [0.15, 0.2) is 23.3 Å². The lowest BCUT2D eigenvalue weighted by Gasteiger charge is -1.96. The summed E-state index contributed by atoms with van der Waals surface area (Å²) in [5.74, 6) is 0.342. The lowest BCUT2D eigenvalue weighted by atomic mass is 10.1. The van der Waals surface area contributed by atoms with Gasteiger partial charge in [-0.1, -0.05) is 24.6 Å². The van der Waals surface area contributed by atoms with Gasteiger partial charge in [0.15, 0.2) is 5.78 Å². The standard InChI is InChI=1S/C11H16O/c1-3-4-5-6-10-7-8-11(12)9(10)2/h4-5H,3,6-8H2,1-2H3. The summed E-state index contributed by atoms with van der Waals surface area (Å²) in [5.41, 5.74) is 2.35. The average molecular weight is 164 g/mol. The minimum atomic E-state index is 0.342. The number of allylic oxidation sites excluding steroid dienone is 4. The van der Waals surface area contributed by atoms with E-state index >= 15 is 0 Å². The van der Waals surface area contributed by atoms with Gasteiger partial charge >= 0.3 is 0 Å². The summed E-state index contributed by atoms with van der Waals surface area (Å²) < 4.78 is 0. The van der Waals surface area contributed by atoms with Crippen LogP contribution in [0, 0.1) is 0 Å². The largest absolute Gasteiger partial charge is 0.295 e. The number of carbonyl (C=O) groups excluding carboxylic acids is 1. The lowest BCUT2D eigenvalue weighted by molar-refractivity contribution is -0.114. The molecule has 0 bridgehead atoms. The molecule has 1 nitrogen and oxygen atoms in total. The van der Waals surface area contributed by atoms with Gasteiger partial charge in [-0.25, -0.2) is 0 Å². The highest BCUT2D eigenvalue weighted by atomic mass is 16.1. The molecule has 0 aliphatic heterocycles. The first-order valence-corrected chi connectivity index (χ1v) is 4.62. The van der Waals surface area contributed by atoms with E-state index in [9.17, 15) is 4.79 Å². The van der Waals surface area contributed by atoms with E-state index in [0.29, 0.717) is 5.78 Å². The van der Waals surface area contributed by atoms with Gasteiger partial charge in [0.2, 0.25) is 0 Å². The van der Waals surface area contributed by atoms with Gasteiger partial charge in [-0.05, 0) is 31.8 Å². The van der Waals surface area contributed by atoms with Gasteiger partial charge in [-0.3, -0.25) is 4.79 Å². The molecule has 0 aromatic carbocycles. The first-order valence-electron chi connectivity index (χ1n) is 4.62. The Morgan fingerprint density at radius 2 is 2.08 bits per heavy atom. The number of ketones is 1. The summed E-state index contributed by atoms with van der Waals surface area (Å²) in [7, 11) is 0. The van der Waals surface area contributed by atoms with Gasteiger partial charge in [0, 0.05) is 6.42 Å². The van der Waals surface area contributed by atoms with Crippen molar-refractivity contribution in [1.29, 1.82) is 0 Å². The number of Topliss-reactive ketones (excluding diaryl/α,β-unsaturated/α-hetero) is 1. The molecule has 0 aromatic rings. The number of carbonyl (C=O) groups is 1. The smallest absolute Gasteiger partial charge is 0.158 e. The number of hydrogen-bond donors (Lipinski definition) is 0. The van der Waals surface area contributed by atoms with E-state index in [1.54, 1.807) is 0 Å². The van der Waals surface area contributed by atoms with Crippen molar-refractivity contribution in [2.75, 3.05) is 0 Å². The monoisotopic (exact) mass is 164 g/mol. The SMILES string of the molecule is CCC=CCC1=C(C)C(=O)CC1. The van der Waals surface area contributed by atoms with Crippen LogP contribution in [0.25, 0.3) is 0 Å². The summed E-state index contributed by atoms with van der Waals surface area (Å²) in [6, 6.07) is 0. The second-order valence-electron chi connectivity index (χ2n) is 3.24. The molecule has 0 atom stereocenters. The Morgan fingerprint density at radius 1 is 1.33 bits per heavy atom. The third kappa shape index (κ3) is 2.07. The molecule has 1 aliphatic carbocycles. The van der Waals surface area contributed by atoms with Gasteiger partial charge in [0.05, 0.1) is 0 Å². The van der Waals surface area contributed by atoms with Crippen LogP contribution in [-0.4, -0.2) is 5.78 Å². The van der Waals surface area contributed by atoms with Crippen LogP contribution in [0.4, 0.5) is 0 Å². The third-order valence-electron chi connectivity index (χ3n) is 2.37. The van der Waals surface area contributed by atoms with Gasteiger partial charge in [-0.2, -0.15) is 0 Å². The Labute approximate surface area is 74.2 Å². The van der Waals surface area contributed by atoms with E-state index in [-0.39, 0.29) is 0 Å². The number of rotatable bonds is 3. The van der Waals surface area contributed by atoms with E-state index in [0.717, 1.165) is 31.3 Å². The summed E-state index contributed by atoms with van der Waals surface area (Å²) in [6.07, 6.45) is 8.10. The molecular weight excluding hydrogens is 148 g/mol. The van der Waals surface area contributed by atoms with Gasteiger partial charge in [-0.15, -0.1) is 0 Å². The van der Waals surface area contributed by atoms with Crippen LogP contribution in [0.5, 0.6) is 0 Å². The maximum absolute atomic E-state index is 11.1. The Balaban J connectivity index is 2.52. The Bertz CT molecular complexity index is 233. The zero-order valence-electron chi connectivity index (χ0n) is 7.89. The minimum absolute atomic E-state index is 0.342. The van der Waals surface area contributed by atoms with Gasteiger partial charge in [0.1, 0.15) is 0 Å². The Morgan fingerprint density at radius 3 is 2.58 bits per heavy atom. The fourth-order valence-corrected chi connectivity index (χ4v) is 1.48. The molecule has 1 aliphatic rings. The molecule has 1 heteroatoms. The molecule has 0 fully saturated rings. The van der Waals surface area contributed by atoms with Crippen LogP contribution in [0.1, 0.15) is 39.5 Å². The highest BCUT2D eigenvalue weighted by molar-refractivity contribution is 5.98. The summed E-state index contributed by atoms with van der Waals surface area (Å²) in [6.45, 7) is 4.07. The van der Waals surface area contributed by atoms with E-state index in [1.807, 2.05) is 6.92 Å². The molecule has 0 amide bonds. The van der Waals surface area contributed by atoms with Crippen molar-refractivity contribution < 1.29 is 4.79 Å². The second kappa shape index (κ2) is 4.24. The molecular formula is C11H16O. The topological polar surface area (TPSA) is 17.1 Å². The summed E-state index contributed by atoms with van der Waals surface area (Å²) in [4.78, 5) is 11.1. The molecule has 1 rings (SSSR count). The fourth-order valence-electron chi connectivity index (χ4n) is 1.48. The van der Waals surface area contributed by atoms with Crippen molar-refractivity contribution in [3.05, 3.63) is 23.3 Å². The molecule has 0 heterocycles. The maximum Gasteiger partial charge on any atom is 0.158 e. The van der Waals surface area contributed by atoms with Crippen LogP contribution >= 0.6 is 0 Å². The fraction of sp³-hybridized carbons (Fsp3) is 0.545. The molecule has 0 spiro atoms. The van der Waals surface area contributed by atoms with Crippen molar-refractivity contribution in [2.24, 2.45) is 0 Å². The first kappa shape index (κ1) is 9.24. The van der Waals surface area contributed by atoms with Crippen molar-refractivity contribution in [3.63, 3.8) is 0 Å². The second-order valence-corrected chi connectivity index (χ2v) is 3.24. The van der Waals surface area contributed by atoms with Crippen molar-refractivity contribution >= 4 is 5.78 Å². The van der Waals surface area contributed by atoms with E-state index < -0.39 is 0 Å². The predicted molar refractivity (Wildman–Crippen MR) is 51.0 cm³/mol. The number of hydrogen-bond acceptors (Lipinski definition) is 1. The van der Waals surface area contributed by atoms with Crippen LogP contribution in [0.3, 0.4) is 0 Å². The highest BCUT2D eigenvalue weighted by Gasteiger charge is 2.17. The predicted octanol–water partition coefficient (Wildman–Crippen LogP) is 3.02. The zero-order chi connectivity index (χ0) is 8.97. The maximum atomic E-state index is 11.1. The first-order chi connectivity index (χ1) is 5.75. The van der Waals surface area contributed by atoms with E-state index in [4.69, 9.17) is 0 Å². The van der Waals surface area contributed by atoms with Crippen molar-refractivity contribution in [2.45, 2.75) is 39.5 Å². The minimum Gasteiger partial charge on any atom is -0.295 e.